The first-order chi connectivity index (χ1) is 7.84. The summed E-state index contributed by atoms with van der Waals surface area (Å²) in [5.74, 6) is 2.22. The maximum atomic E-state index is 5.04. The molecule has 90 valence electrons. The first-order valence-corrected chi connectivity index (χ1v) is 6.05. The Bertz CT molecular complexity index is 307. The van der Waals surface area contributed by atoms with E-state index in [1.807, 2.05) is 6.92 Å². The number of hydrogen-bond donors (Lipinski definition) is 2. The molecule has 0 bridgehead atoms. The fourth-order valence-corrected chi connectivity index (χ4v) is 2.04. The quantitative estimate of drug-likeness (QED) is 0.714. The van der Waals surface area contributed by atoms with Crippen molar-refractivity contribution in [1.29, 1.82) is 0 Å². The molecule has 2 N–H and O–H groups in total. The molecule has 1 fully saturated rings. The Labute approximate surface area is 96.0 Å². The molecule has 1 aromatic heterocycles. The van der Waals surface area contributed by atoms with Crippen molar-refractivity contribution in [2.75, 3.05) is 26.2 Å². The molecular formula is C11H20N4O. The lowest BCUT2D eigenvalue weighted by Crippen LogP contribution is -2.36. The van der Waals surface area contributed by atoms with E-state index in [9.17, 15) is 0 Å². The topological polar surface area (TPSA) is 63.0 Å². The Morgan fingerprint density at radius 1 is 1.56 bits per heavy atom. The zero-order chi connectivity index (χ0) is 11.2. The molecule has 0 saturated carbocycles. The third-order valence-electron chi connectivity index (χ3n) is 2.92. The van der Waals surface area contributed by atoms with E-state index >= 15 is 0 Å². The van der Waals surface area contributed by atoms with Gasteiger partial charge in [0.2, 0.25) is 5.89 Å². The van der Waals surface area contributed by atoms with Gasteiger partial charge in [-0.05, 0) is 45.3 Å². The molecule has 0 amide bonds. The van der Waals surface area contributed by atoms with Gasteiger partial charge in [-0.3, -0.25) is 0 Å². The van der Waals surface area contributed by atoms with E-state index in [0.29, 0.717) is 5.82 Å². The summed E-state index contributed by atoms with van der Waals surface area (Å²) in [7, 11) is 0. The predicted molar refractivity (Wildman–Crippen MR) is 61.2 cm³/mol. The van der Waals surface area contributed by atoms with Crippen LogP contribution in [-0.2, 0) is 6.42 Å². The molecule has 5 nitrogen and oxygen atoms in total. The molecule has 16 heavy (non-hydrogen) atoms. The molecule has 2 rings (SSSR count). The van der Waals surface area contributed by atoms with Crippen LogP contribution < -0.4 is 10.6 Å². The third kappa shape index (κ3) is 3.57. The molecule has 1 atom stereocenters. The molecular weight excluding hydrogens is 204 g/mol. The highest BCUT2D eigenvalue weighted by Crippen LogP contribution is 2.08. The number of piperidine rings is 1. The van der Waals surface area contributed by atoms with Crippen molar-refractivity contribution in [3.63, 3.8) is 0 Å². The summed E-state index contributed by atoms with van der Waals surface area (Å²) in [4.78, 5) is 4.16. The Kier molecular flexibility index (Phi) is 4.30. The van der Waals surface area contributed by atoms with Gasteiger partial charge in [-0.1, -0.05) is 5.16 Å². The van der Waals surface area contributed by atoms with Crippen molar-refractivity contribution in [3.8, 4) is 0 Å². The maximum absolute atomic E-state index is 5.04. The average molecular weight is 224 g/mol. The largest absolute Gasteiger partial charge is 0.339 e. The summed E-state index contributed by atoms with van der Waals surface area (Å²) < 4.78 is 5.04. The fraction of sp³-hybridized carbons (Fsp3) is 0.818. The van der Waals surface area contributed by atoms with Gasteiger partial charge < -0.3 is 15.2 Å². The van der Waals surface area contributed by atoms with Crippen molar-refractivity contribution in [2.24, 2.45) is 5.92 Å². The number of hydrogen-bond acceptors (Lipinski definition) is 5. The van der Waals surface area contributed by atoms with Crippen molar-refractivity contribution < 1.29 is 4.52 Å². The van der Waals surface area contributed by atoms with Crippen LogP contribution in [0.5, 0.6) is 0 Å². The highest BCUT2D eigenvalue weighted by atomic mass is 16.5. The lowest BCUT2D eigenvalue weighted by Gasteiger charge is -2.22. The normalized spacial score (nSPS) is 21.2. The van der Waals surface area contributed by atoms with Crippen LogP contribution in [-0.4, -0.2) is 36.3 Å². The van der Waals surface area contributed by atoms with Crippen LogP contribution in [0.2, 0.25) is 0 Å². The van der Waals surface area contributed by atoms with Gasteiger partial charge in [-0.2, -0.15) is 4.98 Å². The Morgan fingerprint density at radius 2 is 2.50 bits per heavy atom. The summed E-state index contributed by atoms with van der Waals surface area (Å²) in [6.45, 7) is 6.16. The van der Waals surface area contributed by atoms with Crippen LogP contribution in [0.25, 0.3) is 0 Å². The molecule has 1 saturated heterocycles. The van der Waals surface area contributed by atoms with Crippen molar-refractivity contribution >= 4 is 0 Å². The van der Waals surface area contributed by atoms with Gasteiger partial charge in [0.1, 0.15) is 0 Å². The molecule has 0 radical (unpaired) electrons. The predicted octanol–water partition coefficient (Wildman–Crippen LogP) is 0.510. The second-order valence-electron chi connectivity index (χ2n) is 4.40. The first-order valence-electron chi connectivity index (χ1n) is 6.05. The average Bonchev–Trinajstić information content (AvgIpc) is 2.72. The van der Waals surface area contributed by atoms with Crippen LogP contribution >= 0.6 is 0 Å². The molecule has 1 unspecified atom stereocenters. The highest BCUT2D eigenvalue weighted by Gasteiger charge is 2.12. The minimum atomic E-state index is 0.714. The van der Waals surface area contributed by atoms with Gasteiger partial charge in [-0.25, -0.2) is 0 Å². The Hall–Kier alpha value is -0.940. The minimum Gasteiger partial charge on any atom is -0.339 e. The van der Waals surface area contributed by atoms with Gasteiger partial charge in [0.05, 0.1) is 0 Å². The van der Waals surface area contributed by atoms with Crippen LogP contribution in [0, 0.1) is 12.8 Å². The number of nitrogens with zero attached hydrogens (tertiary/aromatic N) is 2. The number of rotatable bonds is 5. The Morgan fingerprint density at radius 3 is 3.19 bits per heavy atom. The molecule has 1 aliphatic rings. The number of aryl methyl sites for hydroxylation is 1. The molecule has 5 heteroatoms. The van der Waals surface area contributed by atoms with Crippen molar-refractivity contribution in [1.82, 2.24) is 20.8 Å². The third-order valence-corrected chi connectivity index (χ3v) is 2.92. The molecule has 1 aromatic rings. The van der Waals surface area contributed by atoms with E-state index in [-0.39, 0.29) is 0 Å². The van der Waals surface area contributed by atoms with Gasteiger partial charge in [0.15, 0.2) is 5.82 Å². The van der Waals surface area contributed by atoms with Crippen LogP contribution in [0.4, 0.5) is 0 Å². The zero-order valence-corrected chi connectivity index (χ0v) is 9.83. The first kappa shape index (κ1) is 11.5. The van der Waals surface area contributed by atoms with Crippen molar-refractivity contribution in [2.45, 2.75) is 26.2 Å². The summed E-state index contributed by atoms with van der Waals surface area (Å²) in [5.41, 5.74) is 0. The van der Waals surface area contributed by atoms with Crippen LogP contribution in [0.1, 0.15) is 24.6 Å². The van der Waals surface area contributed by atoms with Crippen LogP contribution in [0.15, 0.2) is 4.52 Å². The molecule has 1 aliphatic heterocycles. The monoisotopic (exact) mass is 224 g/mol. The van der Waals surface area contributed by atoms with Crippen molar-refractivity contribution in [3.05, 3.63) is 11.7 Å². The van der Waals surface area contributed by atoms with Gasteiger partial charge in [-0.15, -0.1) is 0 Å². The lowest BCUT2D eigenvalue weighted by molar-refractivity contribution is 0.349. The standard InChI is InChI=1S/C11H20N4O/c1-9-14-11(16-15-9)4-6-13-8-10-3-2-5-12-7-10/h10,12-13H,2-8H2,1H3. The van der Waals surface area contributed by atoms with E-state index in [0.717, 1.165) is 37.9 Å². The van der Waals surface area contributed by atoms with Gasteiger partial charge in [0, 0.05) is 13.0 Å². The van der Waals surface area contributed by atoms with Gasteiger partial charge in [0.25, 0.3) is 0 Å². The maximum Gasteiger partial charge on any atom is 0.227 e. The number of nitrogens with one attached hydrogen (secondary N) is 2. The summed E-state index contributed by atoms with van der Waals surface area (Å²) >= 11 is 0. The summed E-state index contributed by atoms with van der Waals surface area (Å²) in [5, 5.41) is 10.6. The fourth-order valence-electron chi connectivity index (χ4n) is 2.04. The lowest BCUT2D eigenvalue weighted by atomic mass is 10.00. The van der Waals surface area contributed by atoms with E-state index in [4.69, 9.17) is 4.52 Å². The van der Waals surface area contributed by atoms with Crippen LogP contribution in [0.3, 0.4) is 0 Å². The second kappa shape index (κ2) is 5.96. The molecule has 0 spiro atoms. The summed E-state index contributed by atoms with van der Waals surface area (Å²) in [6.07, 6.45) is 3.45. The SMILES string of the molecule is Cc1noc(CCNCC2CCCNC2)n1. The van der Waals surface area contributed by atoms with E-state index < -0.39 is 0 Å². The molecule has 0 aliphatic carbocycles. The van der Waals surface area contributed by atoms with E-state index in [2.05, 4.69) is 20.8 Å². The van der Waals surface area contributed by atoms with Gasteiger partial charge >= 0.3 is 0 Å². The molecule has 2 heterocycles. The molecule has 0 aromatic carbocycles. The number of aromatic nitrogens is 2. The minimum absolute atomic E-state index is 0.714. The van der Waals surface area contributed by atoms with E-state index in [1.165, 1.54) is 19.4 Å². The second-order valence-corrected chi connectivity index (χ2v) is 4.40. The smallest absolute Gasteiger partial charge is 0.227 e. The Balaban J connectivity index is 1.57. The summed E-state index contributed by atoms with van der Waals surface area (Å²) in [6, 6.07) is 0. The highest BCUT2D eigenvalue weighted by molar-refractivity contribution is 4.83. The van der Waals surface area contributed by atoms with E-state index in [1.54, 1.807) is 0 Å². The zero-order valence-electron chi connectivity index (χ0n) is 9.83.